The normalized spacial score (nSPS) is 14.2. The van der Waals surface area contributed by atoms with Crippen molar-refractivity contribution in [2.75, 3.05) is 0 Å². The third kappa shape index (κ3) is 3.99. The van der Waals surface area contributed by atoms with Gasteiger partial charge in [0.15, 0.2) is 0 Å². The Morgan fingerprint density at radius 2 is 1.95 bits per heavy atom. The summed E-state index contributed by atoms with van der Waals surface area (Å²) in [5.41, 5.74) is 13.3. The molecule has 4 nitrogen and oxygen atoms in total. The van der Waals surface area contributed by atoms with Gasteiger partial charge in [-0.25, -0.2) is 4.98 Å². The molecular formula is C14H19ClN4S. The summed E-state index contributed by atoms with van der Waals surface area (Å²) < 4.78 is 4.36. The molecule has 108 valence electrons. The molecule has 0 radical (unpaired) electrons. The van der Waals surface area contributed by atoms with Crippen LogP contribution in [0.15, 0.2) is 24.3 Å². The van der Waals surface area contributed by atoms with Gasteiger partial charge in [-0.2, -0.15) is 4.37 Å². The van der Waals surface area contributed by atoms with Crippen LogP contribution in [0.2, 0.25) is 5.02 Å². The van der Waals surface area contributed by atoms with Crippen molar-refractivity contribution in [2.24, 2.45) is 11.5 Å². The molecule has 0 aliphatic rings. The molecule has 20 heavy (non-hydrogen) atoms. The summed E-state index contributed by atoms with van der Waals surface area (Å²) in [7, 11) is 0. The summed E-state index contributed by atoms with van der Waals surface area (Å²) in [5.74, 6) is 0.784. The van der Waals surface area contributed by atoms with E-state index in [4.69, 9.17) is 23.1 Å². The van der Waals surface area contributed by atoms with Crippen LogP contribution in [0.25, 0.3) is 0 Å². The average Bonchev–Trinajstić information content (AvgIpc) is 2.89. The van der Waals surface area contributed by atoms with Gasteiger partial charge < -0.3 is 11.5 Å². The van der Waals surface area contributed by atoms with E-state index in [1.54, 1.807) is 0 Å². The van der Waals surface area contributed by atoms with Gasteiger partial charge in [0.05, 0.1) is 6.04 Å². The fourth-order valence-electron chi connectivity index (χ4n) is 1.96. The Hall–Kier alpha value is -1.01. The molecule has 0 aliphatic heterocycles. The fraction of sp³-hybridized carbons (Fsp3) is 0.429. The molecule has 0 amide bonds. The molecule has 0 aliphatic carbocycles. The van der Waals surface area contributed by atoms with Crippen molar-refractivity contribution in [3.05, 3.63) is 45.7 Å². The molecule has 2 aromatic rings. The third-order valence-corrected chi connectivity index (χ3v) is 4.23. The zero-order valence-electron chi connectivity index (χ0n) is 11.4. The van der Waals surface area contributed by atoms with E-state index in [0.717, 1.165) is 34.3 Å². The van der Waals surface area contributed by atoms with Crippen LogP contribution >= 0.6 is 23.1 Å². The molecule has 1 aromatic heterocycles. The van der Waals surface area contributed by atoms with Crippen LogP contribution < -0.4 is 11.5 Å². The summed E-state index contributed by atoms with van der Waals surface area (Å²) in [6, 6.07) is 7.40. The first-order valence-electron chi connectivity index (χ1n) is 6.68. The summed E-state index contributed by atoms with van der Waals surface area (Å²) in [6.45, 7) is 2.10. The number of benzene rings is 1. The second kappa shape index (κ2) is 7.13. The largest absolute Gasteiger partial charge is 0.326 e. The first-order chi connectivity index (χ1) is 9.60. The highest BCUT2D eigenvalue weighted by Gasteiger charge is 2.19. The molecule has 0 spiro atoms. The van der Waals surface area contributed by atoms with E-state index in [0.29, 0.717) is 6.42 Å². The molecule has 1 aromatic carbocycles. The first kappa shape index (κ1) is 15.4. The summed E-state index contributed by atoms with van der Waals surface area (Å²) in [4.78, 5) is 4.50. The van der Waals surface area contributed by atoms with Crippen molar-refractivity contribution in [1.29, 1.82) is 0 Å². The number of nitrogens with zero attached hydrogens (tertiary/aromatic N) is 2. The van der Waals surface area contributed by atoms with Crippen molar-refractivity contribution in [1.82, 2.24) is 9.36 Å². The minimum atomic E-state index is -0.230. The lowest BCUT2D eigenvalue weighted by molar-refractivity contribution is 0.504. The standard InChI is InChI=1S/C14H19ClN4S/c1-2-3-11(16)13(17)14-18-12(19-20-14)8-9-4-6-10(15)7-5-9/h4-7,11,13H,2-3,8,16-17H2,1H3. The van der Waals surface area contributed by atoms with Crippen molar-refractivity contribution < 1.29 is 0 Å². The quantitative estimate of drug-likeness (QED) is 0.860. The van der Waals surface area contributed by atoms with Gasteiger partial charge in [-0.3, -0.25) is 0 Å². The van der Waals surface area contributed by atoms with Gasteiger partial charge >= 0.3 is 0 Å². The van der Waals surface area contributed by atoms with Crippen molar-refractivity contribution in [3.63, 3.8) is 0 Å². The zero-order chi connectivity index (χ0) is 14.5. The van der Waals surface area contributed by atoms with E-state index in [1.165, 1.54) is 11.5 Å². The minimum Gasteiger partial charge on any atom is -0.326 e. The van der Waals surface area contributed by atoms with Crippen molar-refractivity contribution in [2.45, 2.75) is 38.3 Å². The third-order valence-electron chi connectivity index (χ3n) is 3.13. The van der Waals surface area contributed by atoms with E-state index in [2.05, 4.69) is 16.3 Å². The molecule has 2 atom stereocenters. The zero-order valence-corrected chi connectivity index (χ0v) is 13.0. The smallest absolute Gasteiger partial charge is 0.147 e. The Morgan fingerprint density at radius 3 is 2.60 bits per heavy atom. The molecule has 2 unspecified atom stereocenters. The van der Waals surface area contributed by atoms with Gasteiger partial charge in [0.1, 0.15) is 10.8 Å². The SMILES string of the molecule is CCCC(N)C(N)c1nc(Cc2ccc(Cl)cc2)ns1. The lowest BCUT2D eigenvalue weighted by atomic mass is 10.1. The second-order valence-corrected chi connectivity index (χ2v) is 6.05. The van der Waals surface area contributed by atoms with Crippen LogP contribution in [-0.2, 0) is 6.42 Å². The first-order valence-corrected chi connectivity index (χ1v) is 7.83. The summed E-state index contributed by atoms with van der Waals surface area (Å²) in [5, 5.41) is 1.54. The lowest BCUT2D eigenvalue weighted by Gasteiger charge is -2.15. The highest BCUT2D eigenvalue weighted by molar-refractivity contribution is 7.05. The topological polar surface area (TPSA) is 77.8 Å². The Kier molecular flexibility index (Phi) is 5.48. The van der Waals surface area contributed by atoms with E-state index in [-0.39, 0.29) is 12.1 Å². The molecule has 4 N–H and O–H groups in total. The maximum atomic E-state index is 6.12. The van der Waals surface area contributed by atoms with Gasteiger partial charge in [0.2, 0.25) is 0 Å². The number of halogens is 1. The molecule has 0 bridgehead atoms. The predicted octanol–water partition coefficient (Wildman–Crippen LogP) is 2.91. The number of hydrogen-bond acceptors (Lipinski definition) is 5. The lowest BCUT2D eigenvalue weighted by Crippen LogP contribution is -2.33. The van der Waals surface area contributed by atoms with Crippen LogP contribution in [0, 0.1) is 0 Å². The van der Waals surface area contributed by atoms with Gasteiger partial charge in [0, 0.05) is 17.5 Å². The van der Waals surface area contributed by atoms with Crippen LogP contribution in [-0.4, -0.2) is 15.4 Å². The average molecular weight is 311 g/mol. The Morgan fingerprint density at radius 1 is 1.25 bits per heavy atom. The van der Waals surface area contributed by atoms with E-state index >= 15 is 0 Å². The maximum absolute atomic E-state index is 6.12. The number of hydrogen-bond donors (Lipinski definition) is 2. The van der Waals surface area contributed by atoms with E-state index < -0.39 is 0 Å². The monoisotopic (exact) mass is 310 g/mol. The van der Waals surface area contributed by atoms with Crippen LogP contribution in [0.1, 0.15) is 42.2 Å². The predicted molar refractivity (Wildman–Crippen MR) is 84.0 cm³/mol. The second-order valence-electron chi connectivity index (χ2n) is 4.83. The maximum Gasteiger partial charge on any atom is 0.147 e. The van der Waals surface area contributed by atoms with E-state index in [9.17, 15) is 0 Å². The van der Waals surface area contributed by atoms with E-state index in [1.807, 2.05) is 24.3 Å². The number of nitrogens with two attached hydrogens (primary N) is 2. The Labute approximate surface area is 128 Å². The Balaban J connectivity index is 2.03. The molecule has 2 rings (SSSR count). The summed E-state index contributed by atoms with van der Waals surface area (Å²) in [6.07, 6.45) is 2.60. The van der Waals surface area contributed by atoms with Crippen LogP contribution in [0.4, 0.5) is 0 Å². The molecule has 1 heterocycles. The van der Waals surface area contributed by atoms with Gasteiger partial charge in [-0.15, -0.1) is 0 Å². The minimum absolute atomic E-state index is 0.0590. The summed E-state index contributed by atoms with van der Waals surface area (Å²) >= 11 is 7.21. The number of aromatic nitrogens is 2. The van der Waals surface area contributed by atoms with Gasteiger partial charge in [-0.05, 0) is 35.6 Å². The van der Waals surface area contributed by atoms with Crippen molar-refractivity contribution in [3.8, 4) is 0 Å². The molecule has 6 heteroatoms. The highest BCUT2D eigenvalue weighted by atomic mass is 35.5. The van der Waals surface area contributed by atoms with Crippen molar-refractivity contribution >= 4 is 23.1 Å². The number of rotatable bonds is 6. The Bertz CT molecular complexity index is 540. The molecule has 0 saturated heterocycles. The fourth-order valence-corrected chi connectivity index (χ4v) is 2.83. The van der Waals surface area contributed by atoms with Gasteiger partial charge in [-0.1, -0.05) is 37.1 Å². The molecular weight excluding hydrogens is 292 g/mol. The molecule has 0 fully saturated rings. The highest BCUT2D eigenvalue weighted by Crippen LogP contribution is 2.19. The van der Waals surface area contributed by atoms with Gasteiger partial charge in [0.25, 0.3) is 0 Å². The van der Waals surface area contributed by atoms with Crippen LogP contribution in [0.3, 0.4) is 0 Å². The molecule has 0 saturated carbocycles. The van der Waals surface area contributed by atoms with Crippen LogP contribution in [0.5, 0.6) is 0 Å².